The van der Waals surface area contributed by atoms with Gasteiger partial charge >= 0.3 is 0 Å². The Bertz CT molecular complexity index is 115. The highest BCUT2D eigenvalue weighted by Crippen LogP contribution is 1.98. The number of hydrogen-bond donors (Lipinski definition) is 4. The molecule has 0 fully saturated rings. The summed E-state index contributed by atoms with van der Waals surface area (Å²) in [5.41, 5.74) is 0. The van der Waals surface area contributed by atoms with Crippen molar-refractivity contribution in [3.05, 3.63) is 0 Å². The van der Waals surface area contributed by atoms with Crippen molar-refractivity contribution in [2.24, 2.45) is 0 Å². The lowest BCUT2D eigenvalue weighted by Gasteiger charge is -2.12. The van der Waals surface area contributed by atoms with Crippen molar-refractivity contribution in [3.63, 3.8) is 0 Å². The molecule has 0 aliphatic carbocycles. The molecule has 4 N–H and O–H groups in total. The van der Waals surface area contributed by atoms with Crippen molar-refractivity contribution < 1.29 is 24.1 Å². The van der Waals surface area contributed by atoms with E-state index in [2.05, 4.69) is 5.32 Å². The second-order valence-corrected chi connectivity index (χ2v) is 2.40. The second-order valence-electron chi connectivity index (χ2n) is 2.40. The normalized spacial score (nSPS) is 16.5. The highest BCUT2D eigenvalue weighted by atomic mass is 19.3. The Morgan fingerprint density at radius 2 is 1.75 bits per heavy atom. The van der Waals surface area contributed by atoms with Crippen LogP contribution >= 0.6 is 0 Å². The van der Waals surface area contributed by atoms with Crippen LogP contribution in [0.1, 0.15) is 0 Å². The Balaban J connectivity index is 3.30. The van der Waals surface area contributed by atoms with Crippen molar-refractivity contribution >= 4 is 0 Å². The van der Waals surface area contributed by atoms with E-state index in [0.29, 0.717) is 0 Å². The van der Waals surface area contributed by atoms with Crippen LogP contribution in [0.4, 0.5) is 8.78 Å². The Morgan fingerprint density at radius 3 is 2.17 bits per heavy atom. The molecule has 0 spiro atoms. The SMILES string of the molecule is OCC(O)CNCC(O)C(F)F. The third-order valence-corrected chi connectivity index (χ3v) is 1.24. The van der Waals surface area contributed by atoms with E-state index in [1.807, 2.05) is 0 Å². The number of alkyl halides is 2. The molecule has 0 radical (unpaired) electrons. The Morgan fingerprint density at radius 1 is 1.17 bits per heavy atom. The van der Waals surface area contributed by atoms with Crippen LogP contribution in [0.3, 0.4) is 0 Å². The molecule has 6 heteroatoms. The fourth-order valence-electron chi connectivity index (χ4n) is 0.551. The topological polar surface area (TPSA) is 72.7 Å². The molecule has 2 unspecified atom stereocenters. The zero-order chi connectivity index (χ0) is 9.56. The summed E-state index contributed by atoms with van der Waals surface area (Å²) in [6.07, 6.45) is -5.49. The third kappa shape index (κ3) is 5.36. The molecule has 0 aromatic rings. The highest BCUT2D eigenvalue weighted by molar-refractivity contribution is 4.64. The van der Waals surface area contributed by atoms with E-state index < -0.39 is 25.2 Å². The van der Waals surface area contributed by atoms with E-state index >= 15 is 0 Å². The monoisotopic (exact) mass is 185 g/mol. The predicted octanol–water partition coefficient (Wildman–Crippen LogP) is -1.44. The maximum absolute atomic E-state index is 11.6. The molecular weight excluding hydrogens is 172 g/mol. The fraction of sp³-hybridized carbons (Fsp3) is 1.00. The van der Waals surface area contributed by atoms with Gasteiger partial charge in [-0.05, 0) is 0 Å². The molecule has 0 rings (SSSR count). The number of aliphatic hydroxyl groups is 3. The Labute approximate surface area is 68.8 Å². The van der Waals surface area contributed by atoms with Crippen LogP contribution in [-0.4, -0.2) is 53.6 Å². The first-order valence-electron chi connectivity index (χ1n) is 3.53. The lowest BCUT2D eigenvalue weighted by molar-refractivity contribution is -0.00553. The van der Waals surface area contributed by atoms with Gasteiger partial charge in [-0.1, -0.05) is 0 Å². The predicted molar refractivity (Wildman–Crippen MR) is 38.0 cm³/mol. The van der Waals surface area contributed by atoms with Gasteiger partial charge in [-0.25, -0.2) is 8.78 Å². The van der Waals surface area contributed by atoms with Gasteiger partial charge in [0.05, 0.1) is 12.7 Å². The van der Waals surface area contributed by atoms with Gasteiger partial charge in [-0.3, -0.25) is 0 Å². The Kier molecular flexibility index (Phi) is 6.09. The quantitative estimate of drug-likeness (QED) is 0.409. The molecule has 12 heavy (non-hydrogen) atoms. The average molecular weight is 185 g/mol. The summed E-state index contributed by atoms with van der Waals surface area (Å²) < 4.78 is 23.3. The van der Waals surface area contributed by atoms with Gasteiger partial charge in [0.2, 0.25) is 0 Å². The van der Waals surface area contributed by atoms with Crippen molar-refractivity contribution in [2.45, 2.75) is 18.6 Å². The smallest absolute Gasteiger partial charge is 0.265 e. The zero-order valence-electron chi connectivity index (χ0n) is 6.45. The summed E-state index contributed by atoms with van der Waals surface area (Å²) in [5, 5.41) is 28.0. The van der Waals surface area contributed by atoms with Gasteiger partial charge in [0.25, 0.3) is 6.43 Å². The number of nitrogens with one attached hydrogen (secondary N) is 1. The van der Waals surface area contributed by atoms with Crippen LogP contribution in [0, 0.1) is 0 Å². The zero-order valence-corrected chi connectivity index (χ0v) is 6.45. The molecule has 2 atom stereocenters. The summed E-state index contributed by atoms with van der Waals surface area (Å²) in [6, 6.07) is 0. The molecule has 0 heterocycles. The van der Waals surface area contributed by atoms with Gasteiger partial charge in [-0.2, -0.15) is 0 Å². The van der Waals surface area contributed by atoms with Crippen LogP contribution in [0.15, 0.2) is 0 Å². The molecule has 4 nitrogen and oxygen atoms in total. The summed E-state index contributed by atoms with van der Waals surface area (Å²) in [4.78, 5) is 0. The molecule has 0 bridgehead atoms. The Hall–Kier alpha value is -0.300. The van der Waals surface area contributed by atoms with Crippen LogP contribution in [-0.2, 0) is 0 Å². The van der Waals surface area contributed by atoms with E-state index in [9.17, 15) is 8.78 Å². The van der Waals surface area contributed by atoms with Crippen molar-refractivity contribution in [3.8, 4) is 0 Å². The maximum Gasteiger partial charge on any atom is 0.265 e. The standard InChI is InChI=1S/C6H13F2NO3/c7-6(8)5(12)2-9-1-4(11)3-10/h4-6,9-12H,1-3H2. The molecule has 0 saturated carbocycles. The minimum Gasteiger partial charge on any atom is -0.394 e. The number of aliphatic hydroxyl groups excluding tert-OH is 3. The van der Waals surface area contributed by atoms with E-state index in [4.69, 9.17) is 15.3 Å². The number of rotatable bonds is 6. The van der Waals surface area contributed by atoms with E-state index in [0.717, 1.165) is 0 Å². The summed E-state index contributed by atoms with van der Waals surface area (Å²) >= 11 is 0. The van der Waals surface area contributed by atoms with Gasteiger partial charge in [0.15, 0.2) is 0 Å². The van der Waals surface area contributed by atoms with Crippen molar-refractivity contribution in [1.29, 1.82) is 0 Å². The largest absolute Gasteiger partial charge is 0.394 e. The second kappa shape index (κ2) is 6.24. The first kappa shape index (κ1) is 11.7. The molecule has 0 aromatic heterocycles. The molecule has 0 amide bonds. The van der Waals surface area contributed by atoms with Crippen molar-refractivity contribution in [1.82, 2.24) is 5.32 Å². The molecular formula is C6H13F2NO3. The molecule has 0 aliphatic heterocycles. The van der Waals surface area contributed by atoms with Gasteiger partial charge in [-0.15, -0.1) is 0 Å². The van der Waals surface area contributed by atoms with Crippen LogP contribution in [0.5, 0.6) is 0 Å². The third-order valence-electron chi connectivity index (χ3n) is 1.24. The van der Waals surface area contributed by atoms with Crippen LogP contribution < -0.4 is 5.32 Å². The summed E-state index contributed by atoms with van der Waals surface area (Å²) in [6.45, 7) is -0.743. The molecule has 0 aromatic carbocycles. The van der Waals surface area contributed by atoms with E-state index in [1.165, 1.54) is 0 Å². The maximum atomic E-state index is 11.6. The van der Waals surface area contributed by atoms with Gasteiger partial charge in [0, 0.05) is 13.1 Å². The van der Waals surface area contributed by atoms with E-state index in [1.54, 1.807) is 0 Å². The minimum absolute atomic E-state index is 0.0136. The average Bonchev–Trinajstić information content (AvgIpc) is 2.03. The molecule has 0 aliphatic rings. The highest BCUT2D eigenvalue weighted by Gasteiger charge is 2.16. The van der Waals surface area contributed by atoms with Gasteiger partial charge in [0.1, 0.15) is 6.10 Å². The first-order valence-corrected chi connectivity index (χ1v) is 3.53. The molecule has 0 saturated heterocycles. The lowest BCUT2D eigenvalue weighted by atomic mass is 10.3. The minimum atomic E-state index is -2.79. The van der Waals surface area contributed by atoms with E-state index in [-0.39, 0.29) is 13.1 Å². The summed E-state index contributed by atoms with van der Waals surface area (Å²) in [5.74, 6) is 0. The summed E-state index contributed by atoms with van der Waals surface area (Å²) in [7, 11) is 0. The van der Waals surface area contributed by atoms with Crippen LogP contribution in [0.25, 0.3) is 0 Å². The lowest BCUT2D eigenvalue weighted by Crippen LogP contribution is -2.37. The fourth-order valence-corrected chi connectivity index (χ4v) is 0.551. The van der Waals surface area contributed by atoms with Gasteiger partial charge < -0.3 is 20.6 Å². The number of halogens is 2. The van der Waals surface area contributed by atoms with Crippen molar-refractivity contribution in [2.75, 3.05) is 19.7 Å². The van der Waals surface area contributed by atoms with Crippen LogP contribution in [0.2, 0.25) is 0 Å². The number of hydrogen-bond acceptors (Lipinski definition) is 4. The molecule has 74 valence electrons. The first-order chi connectivity index (χ1) is 5.57.